The predicted molar refractivity (Wildman–Crippen MR) is 95.2 cm³/mol. The molecule has 3 aromatic rings. The summed E-state index contributed by atoms with van der Waals surface area (Å²) < 4.78 is 10.3. The number of nitrogens with one attached hydrogen (secondary N) is 1. The van der Waals surface area contributed by atoms with Crippen molar-refractivity contribution >= 4 is 11.9 Å². The summed E-state index contributed by atoms with van der Waals surface area (Å²) >= 11 is 0. The number of aryl methyl sites for hydroxylation is 1. The lowest BCUT2D eigenvalue weighted by Gasteiger charge is -2.07. The maximum Gasteiger partial charge on any atom is 0.344 e. The van der Waals surface area contributed by atoms with E-state index >= 15 is 0 Å². The number of nitrogens with zero attached hydrogens (tertiary/aromatic N) is 1. The average molecular weight is 350 g/mol. The molecule has 1 aromatic heterocycles. The monoisotopic (exact) mass is 350 g/mol. The van der Waals surface area contributed by atoms with Crippen LogP contribution in [-0.4, -0.2) is 23.6 Å². The fourth-order valence-corrected chi connectivity index (χ4v) is 2.46. The van der Waals surface area contributed by atoms with Gasteiger partial charge in [0.15, 0.2) is 6.61 Å². The van der Waals surface area contributed by atoms with E-state index in [0.29, 0.717) is 18.0 Å². The highest BCUT2D eigenvalue weighted by atomic mass is 16.5. The average Bonchev–Trinajstić information content (AvgIpc) is 3.07. The van der Waals surface area contributed by atoms with Gasteiger partial charge in [-0.15, -0.1) is 0 Å². The van der Waals surface area contributed by atoms with Crippen molar-refractivity contribution in [3.63, 3.8) is 0 Å². The lowest BCUT2D eigenvalue weighted by Crippen LogP contribution is -2.28. The molecule has 2 aromatic carbocycles. The Morgan fingerprint density at radius 1 is 1.04 bits per heavy atom. The maximum absolute atomic E-state index is 12.4. The summed E-state index contributed by atoms with van der Waals surface area (Å²) in [6.07, 6.45) is 0. The first kappa shape index (κ1) is 17.4. The van der Waals surface area contributed by atoms with Gasteiger partial charge in [0.05, 0.1) is 0 Å². The molecule has 0 saturated carbocycles. The van der Waals surface area contributed by atoms with E-state index in [4.69, 9.17) is 9.26 Å². The van der Waals surface area contributed by atoms with Crippen LogP contribution in [0.5, 0.6) is 0 Å². The second kappa shape index (κ2) is 8.11. The molecule has 0 unspecified atom stereocenters. The first-order valence-electron chi connectivity index (χ1n) is 8.14. The van der Waals surface area contributed by atoms with Crippen LogP contribution in [0.2, 0.25) is 0 Å². The van der Waals surface area contributed by atoms with E-state index in [1.54, 1.807) is 6.92 Å². The summed E-state index contributed by atoms with van der Waals surface area (Å²) in [5, 5.41) is 6.64. The molecule has 0 atom stereocenters. The number of amides is 1. The molecule has 1 heterocycles. The van der Waals surface area contributed by atoms with Crippen molar-refractivity contribution in [3.05, 3.63) is 77.6 Å². The predicted octanol–water partition coefficient (Wildman–Crippen LogP) is 3.12. The number of hydrogen-bond acceptors (Lipinski definition) is 5. The van der Waals surface area contributed by atoms with Crippen molar-refractivity contribution in [3.8, 4) is 11.3 Å². The Kier molecular flexibility index (Phi) is 5.43. The largest absolute Gasteiger partial charge is 0.452 e. The Labute approximate surface area is 150 Å². The van der Waals surface area contributed by atoms with Gasteiger partial charge in [-0.05, 0) is 12.5 Å². The molecule has 6 nitrogen and oxygen atoms in total. The number of aromatic nitrogens is 1. The Balaban J connectivity index is 1.60. The second-order valence-electron chi connectivity index (χ2n) is 5.67. The number of esters is 1. The van der Waals surface area contributed by atoms with Gasteiger partial charge in [0.2, 0.25) is 0 Å². The molecule has 0 aliphatic rings. The Hall–Kier alpha value is -3.41. The van der Waals surface area contributed by atoms with Crippen molar-refractivity contribution in [1.82, 2.24) is 10.5 Å². The molecular formula is C20H18N2O4. The lowest BCUT2D eigenvalue weighted by molar-refractivity contribution is -0.124. The summed E-state index contributed by atoms with van der Waals surface area (Å²) in [5.41, 5.74) is 2.34. The van der Waals surface area contributed by atoms with E-state index in [9.17, 15) is 9.59 Å². The van der Waals surface area contributed by atoms with E-state index in [0.717, 1.165) is 11.1 Å². The van der Waals surface area contributed by atoms with Crippen LogP contribution in [0.4, 0.5) is 0 Å². The van der Waals surface area contributed by atoms with Crippen LogP contribution in [0, 0.1) is 6.92 Å². The minimum Gasteiger partial charge on any atom is -0.452 e. The maximum atomic E-state index is 12.4. The second-order valence-corrected chi connectivity index (χ2v) is 5.67. The molecule has 0 spiro atoms. The van der Waals surface area contributed by atoms with Crippen LogP contribution in [0.3, 0.4) is 0 Å². The quantitative estimate of drug-likeness (QED) is 0.691. The number of carbonyl (C=O) groups is 2. The van der Waals surface area contributed by atoms with Gasteiger partial charge in [-0.3, -0.25) is 4.79 Å². The first-order chi connectivity index (χ1) is 12.6. The van der Waals surface area contributed by atoms with Gasteiger partial charge in [-0.25, -0.2) is 4.79 Å². The van der Waals surface area contributed by atoms with Crippen LogP contribution in [0.25, 0.3) is 11.3 Å². The van der Waals surface area contributed by atoms with Gasteiger partial charge in [0, 0.05) is 12.1 Å². The van der Waals surface area contributed by atoms with Gasteiger partial charge in [0.25, 0.3) is 5.91 Å². The standard InChI is InChI=1S/C20H18N2O4/c1-14-18(19(22-26-14)16-10-6-3-7-11-16)20(24)25-13-17(23)21-12-15-8-4-2-5-9-15/h2-11H,12-13H2,1H3,(H,21,23). The van der Waals surface area contributed by atoms with Crippen molar-refractivity contribution in [1.29, 1.82) is 0 Å². The lowest BCUT2D eigenvalue weighted by atomic mass is 10.1. The van der Waals surface area contributed by atoms with Crippen molar-refractivity contribution < 1.29 is 18.8 Å². The highest BCUT2D eigenvalue weighted by Gasteiger charge is 2.23. The molecule has 0 aliphatic heterocycles. The topological polar surface area (TPSA) is 81.4 Å². The van der Waals surface area contributed by atoms with Crippen LogP contribution in [-0.2, 0) is 16.1 Å². The number of hydrogen-bond donors (Lipinski definition) is 1. The number of rotatable bonds is 6. The van der Waals surface area contributed by atoms with Gasteiger partial charge in [0.1, 0.15) is 17.0 Å². The molecule has 0 aliphatic carbocycles. The molecule has 1 N–H and O–H groups in total. The van der Waals surface area contributed by atoms with Gasteiger partial charge in [-0.2, -0.15) is 0 Å². The molecule has 0 radical (unpaired) electrons. The normalized spacial score (nSPS) is 10.3. The molecule has 0 bridgehead atoms. The van der Waals surface area contributed by atoms with E-state index in [2.05, 4.69) is 10.5 Å². The summed E-state index contributed by atoms with van der Waals surface area (Å²) in [4.78, 5) is 24.3. The highest BCUT2D eigenvalue weighted by molar-refractivity contribution is 5.98. The van der Waals surface area contributed by atoms with Crippen molar-refractivity contribution in [2.75, 3.05) is 6.61 Å². The van der Waals surface area contributed by atoms with Crippen molar-refractivity contribution in [2.45, 2.75) is 13.5 Å². The molecule has 0 saturated heterocycles. The smallest absolute Gasteiger partial charge is 0.344 e. The zero-order valence-corrected chi connectivity index (χ0v) is 14.3. The van der Waals surface area contributed by atoms with Crippen LogP contribution < -0.4 is 5.32 Å². The van der Waals surface area contributed by atoms with Gasteiger partial charge < -0.3 is 14.6 Å². The third-order valence-electron chi connectivity index (χ3n) is 3.78. The third-order valence-corrected chi connectivity index (χ3v) is 3.78. The molecular weight excluding hydrogens is 332 g/mol. The summed E-state index contributed by atoms with van der Waals surface area (Å²) in [7, 11) is 0. The number of carbonyl (C=O) groups excluding carboxylic acids is 2. The Morgan fingerprint density at radius 3 is 2.38 bits per heavy atom. The van der Waals surface area contributed by atoms with E-state index < -0.39 is 5.97 Å². The minimum absolute atomic E-state index is 0.229. The van der Waals surface area contributed by atoms with Gasteiger partial charge >= 0.3 is 5.97 Å². The Morgan fingerprint density at radius 2 is 1.69 bits per heavy atom. The summed E-state index contributed by atoms with van der Waals surface area (Å²) in [5.74, 6) is -0.673. The molecule has 1 amide bonds. The highest BCUT2D eigenvalue weighted by Crippen LogP contribution is 2.25. The van der Waals surface area contributed by atoms with Crippen LogP contribution >= 0.6 is 0 Å². The number of benzene rings is 2. The Bertz CT molecular complexity index is 889. The molecule has 26 heavy (non-hydrogen) atoms. The van der Waals surface area contributed by atoms with E-state index in [1.165, 1.54) is 0 Å². The summed E-state index contributed by atoms with van der Waals surface area (Å²) in [6, 6.07) is 18.7. The first-order valence-corrected chi connectivity index (χ1v) is 8.14. The molecule has 0 fully saturated rings. The summed E-state index contributed by atoms with van der Waals surface area (Å²) in [6.45, 7) is 1.63. The zero-order valence-electron chi connectivity index (χ0n) is 14.3. The SMILES string of the molecule is Cc1onc(-c2ccccc2)c1C(=O)OCC(=O)NCc1ccccc1. The molecule has 132 valence electrons. The van der Waals surface area contributed by atoms with Crippen LogP contribution in [0.1, 0.15) is 21.7 Å². The molecule has 6 heteroatoms. The minimum atomic E-state index is -0.641. The molecule has 3 rings (SSSR count). The third kappa shape index (κ3) is 4.16. The number of ether oxygens (including phenoxy) is 1. The van der Waals surface area contributed by atoms with Gasteiger partial charge in [-0.1, -0.05) is 65.8 Å². The van der Waals surface area contributed by atoms with E-state index in [1.807, 2.05) is 60.7 Å². The van der Waals surface area contributed by atoms with Crippen molar-refractivity contribution in [2.24, 2.45) is 0 Å². The van der Waals surface area contributed by atoms with E-state index in [-0.39, 0.29) is 18.1 Å². The fraction of sp³-hybridized carbons (Fsp3) is 0.150. The fourth-order valence-electron chi connectivity index (χ4n) is 2.46. The van der Waals surface area contributed by atoms with Crippen LogP contribution in [0.15, 0.2) is 65.2 Å². The zero-order chi connectivity index (χ0) is 18.4.